The molecule has 0 bridgehead atoms. The average molecular weight is 444 g/mol. The van der Waals surface area contributed by atoms with Crippen LogP contribution in [0.5, 0.6) is 0 Å². The normalized spacial score (nSPS) is 14.6. The van der Waals surface area contributed by atoms with E-state index >= 15 is 0 Å². The lowest BCUT2D eigenvalue weighted by atomic mass is 9.93. The first-order valence-corrected chi connectivity index (χ1v) is 10.6. The number of aromatic nitrogens is 4. The summed E-state index contributed by atoms with van der Waals surface area (Å²) >= 11 is 5.87. The number of piperidine rings is 1. The van der Waals surface area contributed by atoms with Crippen LogP contribution >= 0.6 is 11.6 Å². The molecule has 3 aromatic rings. The van der Waals surface area contributed by atoms with Crippen molar-refractivity contribution in [3.8, 4) is 0 Å². The van der Waals surface area contributed by atoms with Gasteiger partial charge < -0.3 is 15.5 Å². The van der Waals surface area contributed by atoms with Crippen LogP contribution in [0.3, 0.4) is 0 Å². The molecule has 1 fully saturated rings. The number of carbonyl (C=O) groups excluding carboxylic acids is 1. The van der Waals surface area contributed by atoms with Gasteiger partial charge >= 0.3 is 0 Å². The summed E-state index contributed by atoms with van der Waals surface area (Å²) in [5.41, 5.74) is 1.74. The molecule has 3 heterocycles. The van der Waals surface area contributed by atoms with Gasteiger partial charge in [-0.2, -0.15) is 0 Å². The monoisotopic (exact) mass is 443 g/mol. The molecular formula is C21H23ClFN7O. The highest BCUT2D eigenvalue weighted by Gasteiger charge is 2.20. The van der Waals surface area contributed by atoms with Gasteiger partial charge in [0, 0.05) is 32.2 Å². The molecule has 2 N–H and O–H groups in total. The van der Waals surface area contributed by atoms with Crippen molar-refractivity contribution in [2.75, 3.05) is 30.3 Å². The minimum Gasteiger partial charge on any atom is -0.354 e. The van der Waals surface area contributed by atoms with Gasteiger partial charge in [0.05, 0.1) is 11.2 Å². The maximum Gasteiger partial charge on any atom is 0.223 e. The van der Waals surface area contributed by atoms with Crippen molar-refractivity contribution < 1.29 is 9.18 Å². The molecule has 0 spiro atoms. The molecule has 1 amide bonds. The van der Waals surface area contributed by atoms with E-state index in [1.165, 1.54) is 18.5 Å². The summed E-state index contributed by atoms with van der Waals surface area (Å²) in [6.07, 6.45) is 6.07. The Balaban J connectivity index is 1.41. The standard InChI is InChI=1S/C21H23ClFN7O/c1-13(31)30-8-5-14(6-9-30)4-7-24-21-25-11-18-19(29-21)20(27-12-26-18)28-15-2-3-17(23)16(22)10-15/h2-3,10-12,14H,4-9H2,1H3,(H,24,25,29)(H,26,27,28). The smallest absolute Gasteiger partial charge is 0.223 e. The summed E-state index contributed by atoms with van der Waals surface area (Å²) in [6.45, 7) is 4.01. The highest BCUT2D eigenvalue weighted by molar-refractivity contribution is 6.31. The van der Waals surface area contributed by atoms with Gasteiger partial charge in [-0.05, 0) is 43.4 Å². The lowest BCUT2D eigenvalue weighted by Gasteiger charge is -2.31. The summed E-state index contributed by atoms with van der Waals surface area (Å²) in [7, 11) is 0. The maximum absolute atomic E-state index is 13.4. The topological polar surface area (TPSA) is 95.9 Å². The molecule has 4 rings (SSSR count). The van der Waals surface area contributed by atoms with Crippen LogP contribution in [-0.2, 0) is 4.79 Å². The Morgan fingerprint density at radius 2 is 2.06 bits per heavy atom. The predicted octanol–water partition coefficient (Wildman–Crippen LogP) is 4.02. The molecule has 0 atom stereocenters. The first-order chi connectivity index (χ1) is 15.0. The molecular weight excluding hydrogens is 421 g/mol. The summed E-state index contributed by atoms with van der Waals surface area (Å²) < 4.78 is 13.4. The van der Waals surface area contributed by atoms with Gasteiger partial charge in [0.25, 0.3) is 0 Å². The number of anilines is 3. The lowest BCUT2D eigenvalue weighted by Crippen LogP contribution is -2.37. The molecule has 162 valence electrons. The molecule has 1 aliphatic heterocycles. The zero-order chi connectivity index (χ0) is 21.8. The van der Waals surface area contributed by atoms with Crippen molar-refractivity contribution in [3.05, 3.63) is 41.6 Å². The van der Waals surface area contributed by atoms with Crippen molar-refractivity contribution in [1.29, 1.82) is 0 Å². The summed E-state index contributed by atoms with van der Waals surface area (Å²) in [5.74, 6) is 1.21. The van der Waals surface area contributed by atoms with E-state index in [2.05, 4.69) is 30.6 Å². The lowest BCUT2D eigenvalue weighted by molar-refractivity contribution is -0.130. The largest absolute Gasteiger partial charge is 0.354 e. The summed E-state index contributed by atoms with van der Waals surface area (Å²) in [4.78, 5) is 30.7. The third-order valence-corrected chi connectivity index (χ3v) is 5.74. The van der Waals surface area contributed by atoms with Crippen LogP contribution in [-0.4, -0.2) is 50.4 Å². The van der Waals surface area contributed by atoms with Crippen LogP contribution in [0.2, 0.25) is 5.02 Å². The van der Waals surface area contributed by atoms with Crippen molar-refractivity contribution in [3.63, 3.8) is 0 Å². The van der Waals surface area contributed by atoms with Crippen LogP contribution in [0.15, 0.2) is 30.7 Å². The predicted molar refractivity (Wildman–Crippen MR) is 118 cm³/mol. The number of hydrogen-bond donors (Lipinski definition) is 2. The van der Waals surface area contributed by atoms with Crippen LogP contribution in [0.4, 0.5) is 21.8 Å². The fourth-order valence-electron chi connectivity index (χ4n) is 3.67. The van der Waals surface area contributed by atoms with Gasteiger partial charge in [0.1, 0.15) is 23.2 Å². The number of benzene rings is 1. The van der Waals surface area contributed by atoms with Crippen molar-refractivity contribution in [2.24, 2.45) is 5.92 Å². The quantitative estimate of drug-likeness (QED) is 0.594. The number of halogens is 2. The number of rotatable bonds is 6. The number of nitrogens with one attached hydrogen (secondary N) is 2. The number of hydrogen-bond acceptors (Lipinski definition) is 7. The van der Waals surface area contributed by atoms with Gasteiger partial charge in [0.2, 0.25) is 11.9 Å². The van der Waals surface area contributed by atoms with E-state index in [9.17, 15) is 9.18 Å². The Morgan fingerprint density at radius 1 is 1.26 bits per heavy atom. The van der Waals surface area contributed by atoms with E-state index in [0.717, 1.165) is 38.9 Å². The first kappa shape index (κ1) is 21.2. The zero-order valence-corrected chi connectivity index (χ0v) is 17.9. The molecule has 1 aliphatic rings. The zero-order valence-electron chi connectivity index (χ0n) is 17.1. The van der Waals surface area contributed by atoms with Crippen molar-refractivity contribution in [1.82, 2.24) is 24.8 Å². The molecule has 0 aliphatic carbocycles. The second kappa shape index (κ2) is 9.38. The van der Waals surface area contributed by atoms with Gasteiger partial charge in [0.15, 0.2) is 5.82 Å². The molecule has 31 heavy (non-hydrogen) atoms. The second-order valence-electron chi connectivity index (χ2n) is 7.57. The van der Waals surface area contributed by atoms with Crippen LogP contribution in [0.1, 0.15) is 26.2 Å². The SMILES string of the molecule is CC(=O)N1CCC(CCNc2ncc3ncnc(Nc4ccc(F)c(Cl)c4)c3n2)CC1. The molecule has 0 unspecified atom stereocenters. The fourth-order valence-corrected chi connectivity index (χ4v) is 3.85. The average Bonchev–Trinajstić information content (AvgIpc) is 2.77. The highest BCUT2D eigenvalue weighted by atomic mass is 35.5. The Bertz CT molecular complexity index is 1090. The third-order valence-electron chi connectivity index (χ3n) is 5.46. The van der Waals surface area contributed by atoms with Crippen molar-refractivity contribution in [2.45, 2.75) is 26.2 Å². The first-order valence-electron chi connectivity index (χ1n) is 10.2. The second-order valence-corrected chi connectivity index (χ2v) is 7.98. The minimum atomic E-state index is -0.486. The maximum atomic E-state index is 13.4. The summed E-state index contributed by atoms with van der Waals surface area (Å²) in [5, 5.41) is 6.40. The van der Waals surface area contributed by atoms with Crippen molar-refractivity contribution >= 4 is 46.0 Å². The minimum absolute atomic E-state index is 0.0227. The Kier molecular flexibility index (Phi) is 6.41. The molecule has 0 radical (unpaired) electrons. The van der Waals surface area contributed by atoms with E-state index in [1.807, 2.05) is 4.90 Å². The van der Waals surface area contributed by atoms with Gasteiger partial charge in [-0.15, -0.1) is 0 Å². The van der Waals surface area contributed by atoms with Gasteiger partial charge in [-0.25, -0.2) is 24.3 Å². The Hall–Kier alpha value is -3.07. The van der Waals surface area contributed by atoms with Crippen LogP contribution < -0.4 is 10.6 Å². The van der Waals surface area contributed by atoms with E-state index in [-0.39, 0.29) is 10.9 Å². The number of likely N-dealkylation sites (tertiary alicyclic amines) is 1. The number of fused-ring (bicyclic) bond motifs is 1. The van der Waals surface area contributed by atoms with E-state index in [4.69, 9.17) is 11.6 Å². The van der Waals surface area contributed by atoms with E-state index in [0.29, 0.717) is 34.4 Å². The van der Waals surface area contributed by atoms with E-state index in [1.54, 1.807) is 19.2 Å². The fraction of sp³-hybridized carbons (Fsp3) is 0.381. The highest BCUT2D eigenvalue weighted by Crippen LogP contribution is 2.25. The van der Waals surface area contributed by atoms with Crippen LogP contribution in [0, 0.1) is 11.7 Å². The molecule has 2 aromatic heterocycles. The summed E-state index contributed by atoms with van der Waals surface area (Å²) in [6, 6.07) is 4.35. The molecule has 0 saturated carbocycles. The Morgan fingerprint density at radius 3 is 2.81 bits per heavy atom. The number of nitrogens with zero attached hydrogens (tertiary/aromatic N) is 5. The van der Waals surface area contributed by atoms with Crippen LogP contribution in [0.25, 0.3) is 11.0 Å². The molecule has 1 saturated heterocycles. The number of amides is 1. The molecule has 8 nitrogen and oxygen atoms in total. The van der Waals surface area contributed by atoms with Gasteiger partial charge in [-0.1, -0.05) is 11.6 Å². The Labute approximate surface area is 184 Å². The van der Waals surface area contributed by atoms with Gasteiger partial charge in [-0.3, -0.25) is 4.79 Å². The number of carbonyl (C=O) groups is 1. The molecule has 10 heteroatoms. The third kappa shape index (κ3) is 5.16. The molecule has 1 aromatic carbocycles. The van der Waals surface area contributed by atoms with E-state index < -0.39 is 5.82 Å².